The van der Waals surface area contributed by atoms with Crippen LogP contribution in [0, 0.1) is 10.1 Å². The molecule has 0 aliphatic heterocycles. The van der Waals surface area contributed by atoms with Gasteiger partial charge in [-0.15, -0.1) is 0 Å². The van der Waals surface area contributed by atoms with Crippen molar-refractivity contribution >= 4 is 33.4 Å². The van der Waals surface area contributed by atoms with Crippen molar-refractivity contribution in [1.82, 2.24) is 0 Å². The molecule has 0 saturated carbocycles. The minimum absolute atomic E-state index is 0.0657. The molecule has 0 aromatic heterocycles. The van der Waals surface area contributed by atoms with E-state index in [1.165, 1.54) is 12.1 Å². The Morgan fingerprint density at radius 3 is 2.56 bits per heavy atom. The van der Waals surface area contributed by atoms with Crippen LogP contribution in [0.4, 0.5) is 5.69 Å². The van der Waals surface area contributed by atoms with Crippen molar-refractivity contribution in [2.24, 2.45) is 0 Å². The van der Waals surface area contributed by atoms with Gasteiger partial charge in [0.25, 0.3) is 5.69 Å². The summed E-state index contributed by atoms with van der Waals surface area (Å²) in [5.74, 6) is -1.48. The normalized spacial score (nSPS) is 11.9. The third-order valence-corrected chi connectivity index (χ3v) is 2.69. The Kier molecular flexibility index (Phi) is 4.55. The Hall–Kier alpha value is -1.76. The standard InChI is InChI=1S/C11H10BrNO5/c1-6(12)11(16)9-5-8(13(17)18)3-2-7(9)4-10(14)15/h2-3,5-6H,4H2,1H3,(H,14,15). The Morgan fingerprint density at radius 2 is 2.11 bits per heavy atom. The fraction of sp³-hybridized carbons (Fsp3) is 0.273. The van der Waals surface area contributed by atoms with Crippen LogP contribution in [0.15, 0.2) is 18.2 Å². The van der Waals surface area contributed by atoms with Crippen LogP contribution in [0.3, 0.4) is 0 Å². The van der Waals surface area contributed by atoms with Crippen molar-refractivity contribution in [3.05, 3.63) is 39.4 Å². The number of hydrogen-bond acceptors (Lipinski definition) is 4. The van der Waals surface area contributed by atoms with E-state index < -0.39 is 15.7 Å². The van der Waals surface area contributed by atoms with Crippen LogP contribution in [0.2, 0.25) is 0 Å². The van der Waals surface area contributed by atoms with Crippen LogP contribution < -0.4 is 0 Å². The second kappa shape index (κ2) is 5.72. The van der Waals surface area contributed by atoms with E-state index in [-0.39, 0.29) is 29.0 Å². The second-order valence-corrected chi connectivity index (χ2v) is 5.02. The van der Waals surface area contributed by atoms with Crippen molar-refractivity contribution in [2.45, 2.75) is 18.2 Å². The number of halogens is 1. The Bertz CT molecular complexity index is 512. The summed E-state index contributed by atoms with van der Waals surface area (Å²) in [5, 5.41) is 19.4. The molecule has 1 aromatic carbocycles. The number of rotatable bonds is 5. The quantitative estimate of drug-likeness (QED) is 0.389. The van der Waals surface area contributed by atoms with Gasteiger partial charge < -0.3 is 5.11 Å². The lowest BCUT2D eigenvalue weighted by Crippen LogP contribution is -2.15. The topological polar surface area (TPSA) is 97.5 Å². The van der Waals surface area contributed by atoms with Gasteiger partial charge in [-0.3, -0.25) is 19.7 Å². The van der Waals surface area contributed by atoms with Crippen molar-refractivity contribution in [1.29, 1.82) is 0 Å². The highest BCUT2D eigenvalue weighted by atomic mass is 79.9. The SMILES string of the molecule is CC(Br)C(=O)c1cc([N+](=O)[O-])ccc1CC(=O)O. The van der Waals surface area contributed by atoms with Gasteiger partial charge in [-0.1, -0.05) is 22.0 Å². The first-order valence-corrected chi connectivity index (χ1v) is 5.92. The molecule has 1 rings (SSSR count). The molecular weight excluding hydrogens is 306 g/mol. The fourth-order valence-electron chi connectivity index (χ4n) is 1.44. The summed E-state index contributed by atoms with van der Waals surface area (Å²) in [6.07, 6.45) is -0.348. The number of nitro benzene ring substituents is 1. The molecule has 0 heterocycles. The predicted octanol–water partition coefficient (Wildman–Crippen LogP) is 2.19. The van der Waals surface area contributed by atoms with Gasteiger partial charge in [0.2, 0.25) is 0 Å². The molecule has 96 valence electrons. The van der Waals surface area contributed by atoms with E-state index in [2.05, 4.69) is 15.9 Å². The van der Waals surface area contributed by atoms with Crippen LogP contribution in [-0.4, -0.2) is 26.6 Å². The van der Waals surface area contributed by atoms with Crippen LogP contribution in [0.5, 0.6) is 0 Å². The largest absolute Gasteiger partial charge is 0.481 e. The van der Waals surface area contributed by atoms with E-state index in [0.717, 1.165) is 6.07 Å². The first-order valence-electron chi connectivity index (χ1n) is 5.00. The molecule has 0 amide bonds. The van der Waals surface area contributed by atoms with Crippen molar-refractivity contribution < 1.29 is 19.6 Å². The number of nitro groups is 1. The van der Waals surface area contributed by atoms with E-state index in [9.17, 15) is 19.7 Å². The van der Waals surface area contributed by atoms with E-state index in [1.807, 2.05) is 0 Å². The number of carbonyl (C=O) groups excluding carboxylic acids is 1. The lowest BCUT2D eigenvalue weighted by Gasteiger charge is -2.08. The summed E-state index contributed by atoms with van der Waals surface area (Å²) in [5.41, 5.74) is 0.0982. The number of nitrogens with zero attached hydrogens (tertiary/aromatic N) is 1. The molecule has 0 aliphatic rings. The van der Waals surface area contributed by atoms with Crippen LogP contribution >= 0.6 is 15.9 Å². The second-order valence-electron chi connectivity index (χ2n) is 3.65. The van der Waals surface area contributed by atoms with E-state index in [1.54, 1.807) is 6.92 Å². The number of carboxylic acid groups (broad SMARTS) is 1. The molecule has 7 heteroatoms. The molecular formula is C11H10BrNO5. The fourth-order valence-corrected chi connectivity index (χ4v) is 1.69. The van der Waals surface area contributed by atoms with E-state index in [0.29, 0.717) is 0 Å². The highest BCUT2D eigenvalue weighted by Crippen LogP contribution is 2.21. The van der Waals surface area contributed by atoms with Gasteiger partial charge in [0.15, 0.2) is 5.78 Å². The molecule has 1 atom stereocenters. The highest BCUT2D eigenvalue weighted by Gasteiger charge is 2.20. The summed E-state index contributed by atoms with van der Waals surface area (Å²) in [7, 11) is 0. The average Bonchev–Trinajstić information content (AvgIpc) is 2.27. The third-order valence-electron chi connectivity index (χ3n) is 2.27. The molecule has 18 heavy (non-hydrogen) atoms. The Labute approximate surface area is 111 Å². The van der Waals surface area contributed by atoms with Crippen molar-refractivity contribution in [3.8, 4) is 0 Å². The van der Waals surface area contributed by atoms with Crippen molar-refractivity contribution in [3.63, 3.8) is 0 Å². The number of ketones is 1. The monoisotopic (exact) mass is 315 g/mol. The maximum absolute atomic E-state index is 11.9. The molecule has 0 fully saturated rings. The van der Waals surface area contributed by atoms with Gasteiger partial charge >= 0.3 is 5.97 Å². The minimum atomic E-state index is -1.10. The number of benzene rings is 1. The summed E-state index contributed by atoms with van der Waals surface area (Å²) in [6, 6.07) is 3.60. The Balaban J connectivity index is 3.30. The van der Waals surface area contributed by atoms with Gasteiger partial charge in [0.05, 0.1) is 16.2 Å². The summed E-state index contributed by atoms with van der Waals surface area (Å²) >= 11 is 3.07. The highest BCUT2D eigenvalue weighted by molar-refractivity contribution is 9.10. The number of alkyl halides is 1. The summed E-state index contributed by atoms with van der Waals surface area (Å²) in [6.45, 7) is 1.58. The molecule has 0 bridgehead atoms. The average molecular weight is 316 g/mol. The van der Waals surface area contributed by atoms with Crippen molar-refractivity contribution in [2.75, 3.05) is 0 Å². The number of carboxylic acids is 1. The van der Waals surface area contributed by atoms with Crippen LogP contribution in [0.25, 0.3) is 0 Å². The Morgan fingerprint density at radius 1 is 1.50 bits per heavy atom. The smallest absolute Gasteiger partial charge is 0.307 e. The zero-order valence-corrected chi connectivity index (χ0v) is 11.0. The molecule has 0 radical (unpaired) electrons. The molecule has 0 saturated heterocycles. The van der Waals surface area contributed by atoms with Gasteiger partial charge in [-0.2, -0.15) is 0 Å². The lowest BCUT2D eigenvalue weighted by atomic mass is 9.99. The predicted molar refractivity (Wildman–Crippen MR) is 67.2 cm³/mol. The molecule has 1 aromatic rings. The summed E-state index contributed by atoms with van der Waals surface area (Å²) in [4.78, 5) is 32.0. The first-order chi connectivity index (χ1) is 8.32. The lowest BCUT2D eigenvalue weighted by molar-refractivity contribution is -0.384. The van der Waals surface area contributed by atoms with Gasteiger partial charge in [0, 0.05) is 17.7 Å². The van der Waals surface area contributed by atoms with Gasteiger partial charge in [-0.05, 0) is 12.5 Å². The number of non-ortho nitro benzene ring substituents is 1. The maximum Gasteiger partial charge on any atom is 0.307 e. The van der Waals surface area contributed by atoms with Crippen LogP contribution in [0.1, 0.15) is 22.8 Å². The maximum atomic E-state index is 11.9. The van der Waals surface area contributed by atoms with Gasteiger partial charge in [-0.25, -0.2) is 0 Å². The zero-order chi connectivity index (χ0) is 13.9. The van der Waals surface area contributed by atoms with Gasteiger partial charge in [0.1, 0.15) is 0 Å². The molecule has 1 N–H and O–H groups in total. The number of aliphatic carboxylic acids is 1. The molecule has 0 spiro atoms. The number of Topliss-reactive ketones (excluding diaryl/α,β-unsaturated/α-hetero) is 1. The number of carbonyl (C=O) groups is 2. The first kappa shape index (κ1) is 14.3. The summed E-state index contributed by atoms with van der Waals surface area (Å²) < 4.78 is 0. The zero-order valence-electron chi connectivity index (χ0n) is 9.42. The number of hydrogen-bond donors (Lipinski definition) is 1. The van der Waals surface area contributed by atoms with E-state index in [4.69, 9.17) is 5.11 Å². The van der Waals surface area contributed by atoms with Crippen LogP contribution in [-0.2, 0) is 11.2 Å². The molecule has 6 nitrogen and oxygen atoms in total. The third kappa shape index (κ3) is 3.36. The van der Waals surface area contributed by atoms with E-state index >= 15 is 0 Å². The molecule has 1 unspecified atom stereocenters. The minimum Gasteiger partial charge on any atom is -0.481 e. The molecule has 0 aliphatic carbocycles.